The summed E-state index contributed by atoms with van der Waals surface area (Å²) < 4.78 is 20.0. The maximum atomic E-state index is 13.0. The summed E-state index contributed by atoms with van der Waals surface area (Å²) in [6, 6.07) is 6.07. The van der Waals surface area contributed by atoms with Crippen LogP contribution in [0.4, 0.5) is 4.39 Å². The molecule has 0 aliphatic rings. The molecule has 25 heavy (non-hydrogen) atoms. The summed E-state index contributed by atoms with van der Waals surface area (Å²) >= 11 is 1.36. The van der Waals surface area contributed by atoms with Crippen LogP contribution in [-0.2, 0) is 16.1 Å². The van der Waals surface area contributed by atoms with Crippen LogP contribution in [0.3, 0.4) is 0 Å². The fourth-order valence-corrected chi connectivity index (χ4v) is 3.16. The second-order valence-corrected chi connectivity index (χ2v) is 6.62. The van der Waals surface area contributed by atoms with Crippen molar-refractivity contribution < 1.29 is 13.9 Å². The summed E-state index contributed by atoms with van der Waals surface area (Å²) in [4.78, 5) is 14.1. The molecule has 0 N–H and O–H groups in total. The first-order valence-corrected chi connectivity index (χ1v) is 9.02. The Hall–Kier alpha value is -1.93. The van der Waals surface area contributed by atoms with E-state index in [-0.39, 0.29) is 23.5 Å². The van der Waals surface area contributed by atoms with Gasteiger partial charge in [0.2, 0.25) is 5.91 Å². The van der Waals surface area contributed by atoms with Crippen LogP contribution in [0.15, 0.2) is 35.7 Å². The molecule has 1 aromatic carbocycles. The van der Waals surface area contributed by atoms with Gasteiger partial charge in [0, 0.05) is 27.3 Å². The van der Waals surface area contributed by atoms with Crippen LogP contribution in [0.5, 0.6) is 0 Å². The van der Waals surface area contributed by atoms with Crippen LogP contribution < -0.4 is 0 Å². The summed E-state index contributed by atoms with van der Waals surface area (Å²) in [7, 11) is 3.42. The number of thioether (sulfide) groups is 1. The largest absolute Gasteiger partial charge is 0.385 e. The van der Waals surface area contributed by atoms with Gasteiger partial charge in [0.1, 0.15) is 12.1 Å². The van der Waals surface area contributed by atoms with Crippen molar-refractivity contribution in [1.82, 2.24) is 19.7 Å². The van der Waals surface area contributed by atoms with Crippen LogP contribution >= 0.6 is 11.8 Å². The predicted octanol–water partition coefficient (Wildman–Crippen LogP) is 2.77. The minimum atomic E-state index is -0.284. The fraction of sp³-hybridized carbons (Fsp3) is 0.471. The molecule has 2 rings (SSSR count). The fourth-order valence-electron chi connectivity index (χ4n) is 2.30. The maximum absolute atomic E-state index is 13.0. The molecular formula is C17H23FN4O2S. The third-order valence-electron chi connectivity index (χ3n) is 3.98. The number of methoxy groups -OCH3 is 1. The molecule has 1 unspecified atom stereocenters. The van der Waals surface area contributed by atoms with Crippen molar-refractivity contribution in [3.05, 3.63) is 42.0 Å². The standard InChI is InChI=1S/C17H23FN4O2S/c1-13(14-5-7-15(18)8-6-14)21(2)16(23)11-25-17-20-19-12-22(17)9-4-10-24-3/h5-8,12-13H,4,9-11H2,1-3H3. The van der Waals surface area contributed by atoms with Crippen molar-refractivity contribution in [2.45, 2.75) is 31.1 Å². The third-order valence-corrected chi connectivity index (χ3v) is 4.94. The molecule has 0 aliphatic heterocycles. The van der Waals surface area contributed by atoms with Gasteiger partial charge in [-0.15, -0.1) is 10.2 Å². The van der Waals surface area contributed by atoms with Crippen molar-refractivity contribution >= 4 is 17.7 Å². The summed E-state index contributed by atoms with van der Waals surface area (Å²) in [6.07, 6.45) is 2.52. The van der Waals surface area contributed by atoms with Crippen LogP contribution in [0.2, 0.25) is 0 Å². The predicted molar refractivity (Wildman–Crippen MR) is 94.8 cm³/mol. The van der Waals surface area contributed by atoms with Gasteiger partial charge in [-0.2, -0.15) is 0 Å². The number of halogens is 1. The number of amides is 1. The van der Waals surface area contributed by atoms with E-state index in [1.807, 2.05) is 11.5 Å². The molecule has 6 nitrogen and oxygen atoms in total. The number of benzene rings is 1. The number of aromatic nitrogens is 3. The lowest BCUT2D eigenvalue weighted by Gasteiger charge is -2.25. The van der Waals surface area contributed by atoms with E-state index >= 15 is 0 Å². The van der Waals surface area contributed by atoms with Crippen LogP contribution in [-0.4, -0.2) is 52.1 Å². The highest BCUT2D eigenvalue weighted by molar-refractivity contribution is 7.99. The van der Waals surface area contributed by atoms with Gasteiger partial charge in [0.15, 0.2) is 5.16 Å². The lowest BCUT2D eigenvalue weighted by Crippen LogP contribution is -2.31. The molecule has 0 fully saturated rings. The second kappa shape index (κ2) is 9.53. The number of aryl methyl sites for hydroxylation is 1. The second-order valence-electron chi connectivity index (χ2n) is 5.67. The molecule has 1 heterocycles. The van der Waals surface area contributed by atoms with E-state index in [0.717, 1.165) is 18.5 Å². The molecule has 0 saturated heterocycles. The molecule has 0 bridgehead atoms. The van der Waals surface area contributed by atoms with Gasteiger partial charge in [-0.3, -0.25) is 4.79 Å². The maximum Gasteiger partial charge on any atom is 0.233 e. The van der Waals surface area contributed by atoms with Crippen molar-refractivity contribution in [1.29, 1.82) is 0 Å². The van der Waals surface area contributed by atoms with E-state index in [1.165, 1.54) is 23.9 Å². The Morgan fingerprint density at radius 2 is 2.12 bits per heavy atom. The lowest BCUT2D eigenvalue weighted by molar-refractivity contribution is -0.128. The average Bonchev–Trinajstić information content (AvgIpc) is 3.06. The summed E-state index contributed by atoms with van der Waals surface area (Å²) in [5, 5.41) is 8.68. The number of nitrogens with zero attached hydrogens (tertiary/aromatic N) is 4. The molecule has 0 spiro atoms. The van der Waals surface area contributed by atoms with E-state index < -0.39 is 0 Å². The van der Waals surface area contributed by atoms with Gasteiger partial charge in [-0.1, -0.05) is 23.9 Å². The minimum absolute atomic E-state index is 0.0201. The number of hydrogen-bond acceptors (Lipinski definition) is 5. The molecule has 1 amide bonds. The molecule has 1 aromatic heterocycles. The topological polar surface area (TPSA) is 60.2 Å². The van der Waals surface area contributed by atoms with E-state index in [4.69, 9.17) is 4.74 Å². The SMILES string of the molecule is COCCCn1cnnc1SCC(=O)N(C)C(C)c1ccc(F)cc1. The lowest BCUT2D eigenvalue weighted by atomic mass is 10.1. The molecule has 136 valence electrons. The zero-order chi connectivity index (χ0) is 18.2. The van der Waals surface area contributed by atoms with Crippen LogP contribution in [0.25, 0.3) is 0 Å². The molecule has 2 aromatic rings. The summed E-state index contributed by atoms with van der Waals surface area (Å²) in [5.41, 5.74) is 0.894. The molecule has 8 heteroatoms. The Kier molecular flexibility index (Phi) is 7.39. The monoisotopic (exact) mass is 366 g/mol. The Morgan fingerprint density at radius 3 is 2.80 bits per heavy atom. The van der Waals surface area contributed by atoms with Crippen LogP contribution in [0, 0.1) is 5.82 Å². The van der Waals surface area contributed by atoms with Gasteiger partial charge in [-0.25, -0.2) is 4.39 Å². The first-order chi connectivity index (χ1) is 12.0. The Labute approximate surface area is 151 Å². The average molecular weight is 366 g/mol. The van der Waals surface area contributed by atoms with Crippen molar-refractivity contribution in [3.8, 4) is 0 Å². The van der Waals surface area contributed by atoms with Gasteiger partial charge < -0.3 is 14.2 Å². The molecule has 0 saturated carbocycles. The molecular weight excluding hydrogens is 343 g/mol. The highest BCUT2D eigenvalue weighted by atomic mass is 32.2. The van der Waals surface area contributed by atoms with Crippen molar-refractivity contribution in [2.75, 3.05) is 26.5 Å². The number of ether oxygens (including phenoxy) is 1. The summed E-state index contributed by atoms with van der Waals surface area (Å²) in [6.45, 7) is 3.33. The Balaban J connectivity index is 1.89. The molecule has 0 radical (unpaired) electrons. The Morgan fingerprint density at radius 1 is 1.40 bits per heavy atom. The van der Waals surface area contributed by atoms with Crippen LogP contribution in [0.1, 0.15) is 24.9 Å². The number of rotatable bonds is 9. The van der Waals surface area contributed by atoms with Crippen molar-refractivity contribution in [3.63, 3.8) is 0 Å². The normalized spacial score (nSPS) is 12.2. The quantitative estimate of drug-likeness (QED) is 0.504. The highest BCUT2D eigenvalue weighted by Gasteiger charge is 2.18. The van der Waals surface area contributed by atoms with Gasteiger partial charge >= 0.3 is 0 Å². The summed E-state index contributed by atoms with van der Waals surface area (Å²) in [5.74, 6) is -0.0353. The first-order valence-electron chi connectivity index (χ1n) is 8.03. The molecule has 0 aliphatic carbocycles. The smallest absolute Gasteiger partial charge is 0.233 e. The zero-order valence-electron chi connectivity index (χ0n) is 14.7. The van der Waals surface area contributed by atoms with Crippen molar-refractivity contribution in [2.24, 2.45) is 0 Å². The van der Waals surface area contributed by atoms with E-state index in [1.54, 1.807) is 37.5 Å². The van der Waals surface area contributed by atoms with Gasteiger partial charge in [0.25, 0.3) is 0 Å². The number of carbonyl (C=O) groups is 1. The Bertz CT molecular complexity index is 678. The zero-order valence-corrected chi connectivity index (χ0v) is 15.5. The third kappa shape index (κ3) is 5.54. The van der Waals surface area contributed by atoms with Gasteiger partial charge in [0.05, 0.1) is 11.8 Å². The van der Waals surface area contributed by atoms with E-state index in [9.17, 15) is 9.18 Å². The highest BCUT2D eigenvalue weighted by Crippen LogP contribution is 2.22. The van der Waals surface area contributed by atoms with E-state index in [2.05, 4.69) is 10.2 Å². The number of hydrogen-bond donors (Lipinski definition) is 0. The number of carbonyl (C=O) groups excluding carboxylic acids is 1. The van der Waals surface area contributed by atoms with Gasteiger partial charge in [-0.05, 0) is 31.0 Å². The minimum Gasteiger partial charge on any atom is -0.385 e. The first kappa shape index (κ1) is 19.4. The molecule has 1 atom stereocenters. The van der Waals surface area contributed by atoms with E-state index in [0.29, 0.717) is 11.8 Å².